The van der Waals surface area contributed by atoms with Gasteiger partial charge in [-0.15, -0.1) is 0 Å². The number of carbonyl (C=O) groups is 1. The van der Waals surface area contributed by atoms with E-state index in [0.717, 1.165) is 13.0 Å². The lowest BCUT2D eigenvalue weighted by molar-refractivity contribution is -0.140. The van der Waals surface area contributed by atoms with E-state index in [1.54, 1.807) is 0 Å². The molecule has 3 aliphatic rings. The monoisotopic (exact) mass is 209 g/mol. The Morgan fingerprint density at radius 2 is 2.00 bits per heavy atom. The van der Waals surface area contributed by atoms with E-state index in [-0.39, 0.29) is 17.9 Å². The van der Waals surface area contributed by atoms with Crippen molar-refractivity contribution in [3.8, 4) is 0 Å². The van der Waals surface area contributed by atoms with E-state index < -0.39 is 0 Å². The van der Waals surface area contributed by atoms with Crippen molar-refractivity contribution in [3.05, 3.63) is 0 Å². The Morgan fingerprint density at radius 1 is 1.20 bits per heavy atom. The van der Waals surface area contributed by atoms with Crippen LogP contribution in [0, 0.1) is 23.7 Å². The van der Waals surface area contributed by atoms with Crippen LogP contribution in [0.15, 0.2) is 0 Å². The Kier molecular flexibility index (Phi) is 2.23. The second-order valence-electron chi connectivity index (χ2n) is 5.51. The molecule has 3 nitrogen and oxygen atoms in total. The first-order chi connectivity index (χ1) is 7.25. The van der Waals surface area contributed by atoms with Crippen LogP contribution >= 0.6 is 0 Å². The van der Waals surface area contributed by atoms with Gasteiger partial charge in [0.1, 0.15) is 0 Å². The van der Waals surface area contributed by atoms with E-state index in [2.05, 4.69) is 5.32 Å². The second-order valence-corrected chi connectivity index (χ2v) is 5.51. The Hall–Kier alpha value is -0.570. The molecule has 0 aromatic heterocycles. The van der Waals surface area contributed by atoms with E-state index in [1.807, 2.05) is 0 Å². The van der Waals surface area contributed by atoms with Crippen molar-refractivity contribution in [2.75, 3.05) is 6.54 Å². The molecule has 0 spiro atoms. The summed E-state index contributed by atoms with van der Waals surface area (Å²) < 4.78 is 0. The Bertz CT molecular complexity index is 279. The van der Waals surface area contributed by atoms with E-state index >= 15 is 0 Å². The van der Waals surface area contributed by atoms with Gasteiger partial charge in [0.2, 0.25) is 5.91 Å². The predicted octanol–water partition coefficient (Wildman–Crippen LogP) is 0.920. The van der Waals surface area contributed by atoms with Crippen molar-refractivity contribution < 1.29 is 9.90 Å². The zero-order valence-electron chi connectivity index (χ0n) is 8.98. The van der Waals surface area contributed by atoms with Gasteiger partial charge in [-0.1, -0.05) is 12.8 Å². The van der Waals surface area contributed by atoms with Crippen LogP contribution in [0.2, 0.25) is 0 Å². The fraction of sp³-hybridized carbons (Fsp3) is 0.917. The van der Waals surface area contributed by atoms with Gasteiger partial charge in [-0.3, -0.25) is 4.79 Å². The molecule has 0 bridgehead atoms. The molecule has 0 aromatic carbocycles. The molecule has 2 saturated carbocycles. The maximum atomic E-state index is 11.8. The first kappa shape index (κ1) is 9.64. The minimum atomic E-state index is -0.237. The van der Waals surface area contributed by atoms with Crippen LogP contribution < -0.4 is 5.32 Å². The van der Waals surface area contributed by atoms with Crippen LogP contribution in [0.25, 0.3) is 0 Å². The molecule has 15 heavy (non-hydrogen) atoms. The van der Waals surface area contributed by atoms with Crippen LogP contribution in [0.1, 0.15) is 32.1 Å². The maximum absolute atomic E-state index is 11.8. The molecule has 0 radical (unpaired) electrons. The molecular weight excluding hydrogens is 190 g/mol. The first-order valence-electron chi connectivity index (χ1n) is 6.21. The highest BCUT2D eigenvalue weighted by atomic mass is 16.3. The van der Waals surface area contributed by atoms with Gasteiger partial charge in [0.05, 0.1) is 6.10 Å². The highest BCUT2D eigenvalue weighted by Crippen LogP contribution is 2.48. The fourth-order valence-corrected chi connectivity index (χ4v) is 4.12. The van der Waals surface area contributed by atoms with Gasteiger partial charge >= 0.3 is 0 Å². The highest BCUT2D eigenvalue weighted by molar-refractivity contribution is 5.80. The minimum Gasteiger partial charge on any atom is -0.393 e. The lowest BCUT2D eigenvalue weighted by atomic mass is 9.58. The van der Waals surface area contributed by atoms with Gasteiger partial charge in [-0.2, -0.15) is 0 Å². The van der Waals surface area contributed by atoms with Gasteiger partial charge in [0, 0.05) is 12.5 Å². The number of aliphatic hydroxyl groups is 1. The smallest absolute Gasteiger partial charge is 0.223 e. The average molecular weight is 209 g/mol. The van der Waals surface area contributed by atoms with E-state index in [0.29, 0.717) is 24.2 Å². The van der Waals surface area contributed by atoms with Crippen molar-refractivity contribution >= 4 is 5.91 Å². The molecule has 84 valence electrons. The van der Waals surface area contributed by atoms with Crippen LogP contribution in [0.3, 0.4) is 0 Å². The molecule has 1 amide bonds. The van der Waals surface area contributed by atoms with Crippen LogP contribution in [0.4, 0.5) is 0 Å². The summed E-state index contributed by atoms with van der Waals surface area (Å²) in [6, 6.07) is 0. The largest absolute Gasteiger partial charge is 0.393 e. The van der Waals surface area contributed by atoms with Gasteiger partial charge in [0.25, 0.3) is 0 Å². The summed E-state index contributed by atoms with van der Waals surface area (Å²) in [4.78, 5) is 11.8. The topological polar surface area (TPSA) is 49.3 Å². The zero-order chi connectivity index (χ0) is 10.4. The number of aliphatic hydroxyl groups excluding tert-OH is 1. The summed E-state index contributed by atoms with van der Waals surface area (Å²) in [5.74, 6) is 2.19. The lowest BCUT2D eigenvalue weighted by Gasteiger charge is -2.49. The lowest BCUT2D eigenvalue weighted by Crippen LogP contribution is -2.55. The van der Waals surface area contributed by atoms with Crippen LogP contribution in [-0.2, 0) is 4.79 Å². The number of carbonyl (C=O) groups excluding carboxylic acids is 1. The minimum absolute atomic E-state index is 0.109. The van der Waals surface area contributed by atoms with Crippen molar-refractivity contribution in [3.63, 3.8) is 0 Å². The summed E-state index contributed by atoms with van der Waals surface area (Å²) in [7, 11) is 0. The molecule has 3 heteroatoms. The third-order valence-corrected chi connectivity index (χ3v) is 4.68. The molecule has 2 N–H and O–H groups in total. The number of piperidine rings is 1. The maximum Gasteiger partial charge on any atom is 0.223 e. The highest BCUT2D eigenvalue weighted by Gasteiger charge is 2.48. The number of rotatable bonds is 0. The molecular formula is C12H19NO2. The molecule has 3 rings (SSSR count). The molecule has 0 aromatic rings. The molecule has 3 fully saturated rings. The summed E-state index contributed by atoms with van der Waals surface area (Å²) >= 11 is 0. The van der Waals surface area contributed by atoms with Crippen molar-refractivity contribution in [2.45, 2.75) is 38.2 Å². The van der Waals surface area contributed by atoms with Crippen LogP contribution in [-0.4, -0.2) is 23.7 Å². The zero-order valence-corrected chi connectivity index (χ0v) is 8.98. The molecule has 1 heterocycles. The van der Waals surface area contributed by atoms with Gasteiger partial charge in [-0.05, 0) is 37.0 Å². The van der Waals surface area contributed by atoms with E-state index in [4.69, 9.17) is 0 Å². The SMILES string of the molecule is O=C1NCC2CCCC3CC(O)CC1C23. The third-order valence-electron chi connectivity index (χ3n) is 4.68. The summed E-state index contributed by atoms with van der Waals surface area (Å²) in [6.07, 6.45) is 5.17. The molecule has 1 saturated heterocycles. The Labute approximate surface area is 90.2 Å². The Morgan fingerprint density at radius 3 is 2.87 bits per heavy atom. The summed E-state index contributed by atoms with van der Waals surface area (Å²) in [6.45, 7) is 0.882. The number of hydrogen-bond donors (Lipinski definition) is 2. The standard InChI is InChI=1S/C12H19NO2/c14-9-4-7-2-1-3-8-6-13-12(15)10(5-9)11(7)8/h7-11,14H,1-6H2,(H,13,15). The van der Waals surface area contributed by atoms with Crippen molar-refractivity contribution in [2.24, 2.45) is 23.7 Å². The Balaban J connectivity index is 1.88. The first-order valence-corrected chi connectivity index (χ1v) is 6.21. The van der Waals surface area contributed by atoms with Crippen LogP contribution in [0.5, 0.6) is 0 Å². The molecule has 1 aliphatic heterocycles. The van der Waals surface area contributed by atoms with Gasteiger partial charge in [-0.25, -0.2) is 0 Å². The number of nitrogens with one attached hydrogen (secondary N) is 1. The van der Waals surface area contributed by atoms with Gasteiger partial charge < -0.3 is 10.4 Å². The third kappa shape index (κ3) is 1.48. The fourth-order valence-electron chi connectivity index (χ4n) is 4.12. The summed E-state index contributed by atoms with van der Waals surface area (Å²) in [5, 5.41) is 12.8. The number of hydrogen-bond acceptors (Lipinski definition) is 2. The van der Waals surface area contributed by atoms with Crippen molar-refractivity contribution in [1.29, 1.82) is 0 Å². The quantitative estimate of drug-likeness (QED) is 0.623. The predicted molar refractivity (Wildman–Crippen MR) is 56.1 cm³/mol. The number of amides is 1. The van der Waals surface area contributed by atoms with E-state index in [1.165, 1.54) is 19.3 Å². The van der Waals surface area contributed by atoms with Gasteiger partial charge in [0.15, 0.2) is 0 Å². The average Bonchev–Trinajstić information content (AvgIpc) is 2.23. The summed E-state index contributed by atoms with van der Waals surface area (Å²) in [5.41, 5.74) is 0. The second kappa shape index (κ2) is 3.48. The normalized spacial score (nSPS) is 49.4. The van der Waals surface area contributed by atoms with E-state index in [9.17, 15) is 9.90 Å². The van der Waals surface area contributed by atoms with Crippen molar-refractivity contribution in [1.82, 2.24) is 5.32 Å². The molecule has 2 aliphatic carbocycles. The molecule has 5 unspecified atom stereocenters. The molecule has 5 atom stereocenters.